The number of para-hydroxylation sites is 1. The van der Waals surface area contributed by atoms with E-state index < -0.39 is 0 Å². The molecule has 50 heavy (non-hydrogen) atoms. The van der Waals surface area contributed by atoms with Gasteiger partial charge in [0.1, 0.15) is 11.2 Å². The van der Waals surface area contributed by atoms with Gasteiger partial charge in [-0.15, -0.1) is 22.7 Å². The second-order valence-electron chi connectivity index (χ2n) is 13.2. The van der Waals surface area contributed by atoms with Crippen molar-refractivity contribution >= 4 is 107 Å². The minimum atomic E-state index is 0.224. The Morgan fingerprint density at radius 3 is 2.20 bits per heavy atom. The normalized spacial score (nSPS) is 14.8. The van der Waals surface area contributed by atoms with Crippen LogP contribution in [0.25, 0.3) is 84.2 Å². The third-order valence-corrected chi connectivity index (χ3v) is 12.8. The number of anilines is 2. The maximum Gasteiger partial charge on any atom is 0.144 e. The molecule has 2 nitrogen and oxygen atoms in total. The molecule has 0 spiro atoms. The molecule has 0 aliphatic heterocycles. The van der Waals surface area contributed by atoms with E-state index in [0.29, 0.717) is 0 Å². The molecule has 3 aromatic heterocycles. The van der Waals surface area contributed by atoms with Gasteiger partial charge in [-0.05, 0) is 65.2 Å². The Hall–Kier alpha value is -5.68. The fourth-order valence-electron chi connectivity index (χ4n) is 8.01. The molecule has 0 saturated heterocycles. The van der Waals surface area contributed by atoms with Crippen molar-refractivity contribution in [3.8, 4) is 11.1 Å². The zero-order valence-corrected chi connectivity index (χ0v) is 28.6. The highest BCUT2D eigenvalue weighted by atomic mass is 32.1. The van der Waals surface area contributed by atoms with Gasteiger partial charge in [-0.1, -0.05) is 115 Å². The summed E-state index contributed by atoms with van der Waals surface area (Å²) in [4.78, 5) is 2.51. The van der Waals surface area contributed by atoms with Crippen molar-refractivity contribution in [2.45, 2.75) is 12.5 Å². The molecule has 0 saturated carbocycles. The highest BCUT2D eigenvalue weighted by Gasteiger charge is 2.22. The van der Waals surface area contributed by atoms with Gasteiger partial charge in [-0.3, -0.25) is 0 Å². The molecule has 0 radical (unpaired) electrons. The Balaban J connectivity index is 1.07. The number of fused-ring (bicyclic) bond motifs is 12. The van der Waals surface area contributed by atoms with E-state index in [1.54, 1.807) is 0 Å². The number of nitrogens with zero attached hydrogens (tertiary/aromatic N) is 1. The number of allylic oxidation sites excluding steroid dienone is 2. The second-order valence-corrected chi connectivity index (χ2v) is 15.3. The zero-order valence-electron chi connectivity index (χ0n) is 27.0. The molecule has 3 heterocycles. The van der Waals surface area contributed by atoms with E-state index in [2.05, 4.69) is 163 Å². The van der Waals surface area contributed by atoms with E-state index in [-0.39, 0.29) is 6.04 Å². The highest BCUT2D eigenvalue weighted by molar-refractivity contribution is 7.27. The number of rotatable bonds is 4. The van der Waals surface area contributed by atoms with Crippen LogP contribution in [0, 0.1) is 0 Å². The summed E-state index contributed by atoms with van der Waals surface area (Å²) >= 11 is 3.76. The van der Waals surface area contributed by atoms with Crippen LogP contribution in [0.1, 0.15) is 6.42 Å². The SMILES string of the molecule is C1=CCC(N(c2ccc(-c3cc4c5ccccc5oc4c4c3sc3ccccc34)cc2)c2ccc3c(c2)sc2c4ccccc4ccc32)C=C1. The minimum Gasteiger partial charge on any atom is -0.455 e. The minimum absolute atomic E-state index is 0.224. The van der Waals surface area contributed by atoms with Crippen LogP contribution < -0.4 is 4.90 Å². The summed E-state index contributed by atoms with van der Waals surface area (Å²) in [6, 6.07) is 49.2. The Morgan fingerprint density at radius 2 is 1.32 bits per heavy atom. The van der Waals surface area contributed by atoms with E-state index >= 15 is 0 Å². The Bertz CT molecular complexity index is 3030. The smallest absolute Gasteiger partial charge is 0.144 e. The van der Waals surface area contributed by atoms with Crippen LogP contribution in [0.2, 0.25) is 0 Å². The highest BCUT2D eigenvalue weighted by Crippen LogP contribution is 2.47. The first-order valence-corrected chi connectivity index (χ1v) is 18.7. The van der Waals surface area contributed by atoms with Gasteiger partial charge in [0, 0.05) is 68.1 Å². The molecule has 4 heteroatoms. The predicted molar refractivity (Wildman–Crippen MR) is 218 cm³/mol. The van der Waals surface area contributed by atoms with E-state index in [1.165, 1.54) is 79.0 Å². The fourth-order valence-corrected chi connectivity index (χ4v) is 10.5. The van der Waals surface area contributed by atoms with Crippen molar-refractivity contribution in [2.24, 2.45) is 0 Å². The number of hydrogen-bond acceptors (Lipinski definition) is 4. The van der Waals surface area contributed by atoms with Crippen LogP contribution in [0.5, 0.6) is 0 Å². The lowest BCUT2D eigenvalue weighted by Gasteiger charge is -2.32. The lowest BCUT2D eigenvalue weighted by molar-refractivity contribution is 0.673. The topological polar surface area (TPSA) is 16.4 Å². The molecule has 0 amide bonds. The Labute approximate surface area is 296 Å². The van der Waals surface area contributed by atoms with Gasteiger partial charge in [0.25, 0.3) is 0 Å². The summed E-state index contributed by atoms with van der Waals surface area (Å²) in [6.07, 6.45) is 9.90. The van der Waals surface area contributed by atoms with Gasteiger partial charge < -0.3 is 9.32 Å². The summed E-state index contributed by atoms with van der Waals surface area (Å²) in [5.41, 5.74) is 6.77. The van der Waals surface area contributed by atoms with E-state index in [9.17, 15) is 0 Å². The lowest BCUT2D eigenvalue weighted by atomic mass is 9.98. The quantitative estimate of drug-likeness (QED) is 0.185. The first-order chi connectivity index (χ1) is 24.8. The molecule has 236 valence electrons. The maximum atomic E-state index is 6.55. The monoisotopic (exact) mass is 675 g/mol. The zero-order chi connectivity index (χ0) is 32.8. The summed E-state index contributed by atoms with van der Waals surface area (Å²) in [7, 11) is 0. The summed E-state index contributed by atoms with van der Waals surface area (Å²) in [5.74, 6) is 0. The van der Waals surface area contributed by atoms with Gasteiger partial charge in [-0.2, -0.15) is 0 Å². The molecule has 7 aromatic carbocycles. The van der Waals surface area contributed by atoms with Crippen LogP contribution >= 0.6 is 22.7 Å². The van der Waals surface area contributed by atoms with Crippen LogP contribution in [0.15, 0.2) is 162 Å². The predicted octanol–water partition coefficient (Wildman–Crippen LogP) is 14.2. The number of furan rings is 1. The number of hydrogen-bond donors (Lipinski definition) is 0. The standard InChI is InChI=1S/C46H29NOS2/c1-2-11-30(12-3-1)47(32-23-25-35-36-24-20-28-10-4-5-13-33(28)45(36)50-42(35)26-32)31-21-18-29(19-22-31)38-27-39-34-14-6-8-16-40(34)48-44(39)43-37-15-7-9-17-41(37)49-46(38)43/h1-11,13-27,30H,12H2. The van der Waals surface area contributed by atoms with Gasteiger partial charge in [0.15, 0.2) is 0 Å². The van der Waals surface area contributed by atoms with Crippen molar-refractivity contribution < 1.29 is 4.42 Å². The maximum absolute atomic E-state index is 6.55. The van der Waals surface area contributed by atoms with E-state index in [4.69, 9.17) is 4.42 Å². The molecule has 10 aromatic rings. The average Bonchev–Trinajstić information content (AvgIpc) is 3.87. The summed E-state index contributed by atoms with van der Waals surface area (Å²) < 4.78 is 11.8. The van der Waals surface area contributed by atoms with Crippen molar-refractivity contribution in [2.75, 3.05) is 4.90 Å². The molecule has 11 rings (SSSR count). The van der Waals surface area contributed by atoms with Crippen LogP contribution in [-0.4, -0.2) is 6.04 Å². The van der Waals surface area contributed by atoms with Gasteiger partial charge in [0.2, 0.25) is 0 Å². The fraction of sp³-hybridized carbons (Fsp3) is 0.0435. The third-order valence-electron chi connectivity index (χ3n) is 10.4. The lowest BCUT2D eigenvalue weighted by Crippen LogP contribution is -2.29. The molecular formula is C46H29NOS2. The molecule has 1 aliphatic carbocycles. The number of thiophene rings is 2. The van der Waals surface area contributed by atoms with Crippen molar-refractivity contribution in [3.63, 3.8) is 0 Å². The van der Waals surface area contributed by atoms with Crippen molar-refractivity contribution in [3.05, 3.63) is 158 Å². The largest absolute Gasteiger partial charge is 0.455 e. The van der Waals surface area contributed by atoms with Crippen LogP contribution in [0.3, 0.4) is 0 Å². The molecule has 0 bridgehead atoms. The average molecular weight is 676 g/mol. The van der Waals surface area contributed by atoms with Crippen molar-refractivity contribution in [1.82, 2.24) is 0 Å². The van der Waals surface area contributed by atoms with Crippen LogP contribution in [-0.2, 0) is 0 Å². The first-order valence-electron chi connectivity index (χ1n) is 17.1. The molecule has 0 N–H and O–H groups in total. The molecular weight excluding hydrogens is 647 g/mol. The Morgan fingerprint density at radius 1 is 0.560 bits per heavy atom. The Kier molecular flexibility index (Phi) is 6.15. The summed E-state index contributed by atoms with van der Waals surface area (Å²) in [6.45, 7) is 0. The van der Waals surface area contributed by atoms with Crippen LogP contribution in [0.4, 0.5) is 11.4 Å². The van der Waals surface area contributed by atoms with Gasteiger partial charge >= 0.3 is 0 Å². The molecule has 1 atom stereocenters. The van der Waals surface area contributed by atoms with Gasteiger partial charge in [-0.25, -0.2) is 0 Å². The molecule has 1 unspecified atom stereocenters. The van der Waals surface area contributed by atoms with E-state index in [0.717, 1.165) is 23.0 Å². The van der Waals surface area contributed by atoms with Gasteiger partial charge in [0.05, 0.1) is 6.04 Å². The third kappa shape index (κ3) is 4.19. The molecule has 1 aliphatic rings. The second kappa shape index (κ2) is 10.9. The van der Waals surface area contributed by atoms with E-state index in [1.807, 2.05) is 22.7 Å². The molecule has 0 fully saturated rings. The summed E-state index contributed by atoms with van der Waals surface area (Å²) in [5, 5.41) is 10.1. The first kappa shape index (κ1) is 28.2. The number of benzene rings is 7. The van der Waals surface area contributed by atoms with Crippen molar-refractivity contribution in [1.29, 1.82) is 0 Å².